The molecule has 0 aliphatic heterocycles. The van der Waals surface area contributed by atoms with Gasteiger partial charge in [-0.1, -0.05) is 70.9 Å². The average Bonchev–Trinajstić information content (AvgIpc) is 2.86. The third-order valence-electron chi connectivity index (χ3n) is 4.56. The summed E-state index contributed by atoms with van der Waals surface area (Å²) in [7, 11) is 0. The fourth-order valence-corrected chi connectivity index (χ4v) is 2.91. The lowest BCUT2D eigenvalue weighted by molar-refractivity contribution is 0.0804. The number of allylic oxidation sites excluding steroid dienone is 1. The smallest absolute Gasteiger partial charge is 0.203 e. The maximum Gasteiger partial charge on any atom is 0.203 e. The summed E-state index contributed by atoms with van der Waals surface area (Å²) >= 11 is 0. The second kappa shape index (κ2) is 11.5. The fourth-order valence-electron chi connectivity index (χ4n) is 2.91. The quantitative estimate of drug-likeness (QED) is 0.118. The van der Waals surface area contributed by atoms with E-state index in [0.717, 1.165) is 5.56 Å². The normalized spacial score (nSPS) is 11.2. The summed E-state index contributed by atoms with van der Waals surface area (Å²) in [6, 6.07) is 21.7. The first-order valence-electron chi connectivity index (χ1n) is 9.85. The van der Waals surface area contributed by atoms with Gasteiger partial charge in [0.2, 0.25) is 5.78 Å². The first-order chi connectivity index (χ1) is 16.1. The molecule has 0 saturated carbocycles. The van der Waals surface area contributed by atoms with Crippen molar-refractivity contribution in [3.8, 4) is 5.75 Å². The van der Waals surface area contributed by atoms with Crippen LogP contribution in [0.25, 0.3) is 27.0 Å². The van der Waals surface area contributed by atoms with E-state index in [9.17, 15) is 9.59 Å². The summed E-state index contributed by atoms with van der Waals surface area (Å²) in [5.41, 5.74) is 19.2. The molecular weight excluding hydrogens is 420 g/mol. The molecule has 9 nitrogen and oxygen atoms in total. The van der Waals surface area contributed by atoms with Gasteiger partial charge in [0.15, 0.2) is 11.9 Å². The average molecular weight is 438 g/mol. The number of Topliss-reactive ketones (excluding diaryl/α,β-unsaturated/α-hetero) is 1. The molecular formula is C24H18N6O3. The van der Waals surface area contributed by atoms with E-state index in [-0.39, 0.29) is 18.1 Å². The molecule has 0 aliphatic carbocycles. The standard InChI is InChI=1S/C24H18N6O3/c25-29-27-16-23(24(32)19-4-2-1-3-5-19)33-21-13-9-18(10-14-21)22(31)15-8-17-6-11-20(12-7-17)28-30-26/h1-15,23H,16H2. The van der Waals surface area contributed by atoms with E-state index in [1.807, 2.05) is 0 Å². The van der Waals surface area contributed by atoms with E-state index in [0.29, 0.717) is 22.6 Å². The number of hydrogen-bond donors (Lipinski definition) is 0. The predicted molar refractivity (Wildman–Crippen MR) is 124 cm³/mol. The van der Waals surface area contributed by atoms with Crippen molar-refractivity contribution in [1.29, 1.82) is 0 Å². The second-order valence-electron chi connectivity index (χ2n) is 6.75. The van der Waals surface area contributed by atoms with Crippen molar-refractivity contribution >= 4 is 23.3 Å². The van der Waals surface area contributed by atoms with Crippen molar-refractivity contribution in [3.63, 3.8) is 0 Å². The Bertz CT molecular complexity index is 1240. The monoisotopic (exact) mass is 438 g/mol. The highest BCUT2D eigenvalue weighted by Gasteiger charge is 2.21. The van der Waals surface area contributed by atoms with E-state index in [1.54, 1.807) is 84.9 Å². The minimum atomic E-state index is -0.988. The summed E-state index contributed by atoms with van der Waals surface area (Å²) in [6.07, 6.45) is 2.10. The highest BCUT2D eigenvalue weighted by atomic mass is 16.5. The maximum atomic E-state index is 12.7. The van der Waals surface area contributed by atoms with E-state index in [4.69, 9.17) is 15.8 Å². The number of benzene rings is 3. The Morgan fingerprint density at radius 3 is 2.21 bits per heavy atom. The van der Waals surface area contributed by atoms with Crippen LogP contribution in [-0.4, -0.2) is 24.2 Å². The van der Waals surface area contributed by atoms with Gasteiger partial charge in [0, 0.05) is 26.6 Å². The zero-order valence-electron chi connectivity index (χ0n) is 17.4. The van der Waals surface area contributed by atoms with Gasteiger partial charge in [0.25, 0.3) is 0 Å². The minimum absolute atomic E-state index is 0.161. The molecule has 0 aromatic heterocycles. The molecule has 3 aromatic rings. The Morgan fingerprint density at radius 1 is 0.879 bits per heavy atom. The molecule has 162 valence electrons. The van der Waals surface area contributed by atoms with Crippen molar-refractivity contribution in [2.24, 2.45) is 10.2 Å². The van der Waals surface area contributed by atoms with Gasteiger partial charge in [0.1, 0.15) is 5.75 Å². The van der Waals surface area contributed by atoms with E-state index < -0.39 is 6.10 Å². The van der Waals surface area contributed by atoms with Gasteiger partial charge in [-0.25, -0.2) is 0 Å². The number of hydrogen-bond acceptors (Lipinski definition) is 5. The fraction of sp³-hybridized carbons (Fsp3) is 0.0833. The number of rotatable bonds is 10. The van der Waals surface area contributed by atoms with Gasteiger partial charge in [-0.3, -0.25) is 9.59 Å². The van der Waals surface area contributed by atoms with Crippen molar-refractivity contribution in [2.75, 3.05) is 6.54 Å². The molecule has 0 heterocycles. The third-order valence-corrected chi connectivity index (χ3v) is 4.56. The Hall–Kier alpha value is -4.84. The topological polar surface area (TPSA) is 141 Å². The zero-order chi connectivity index (χ0) is 23.5. The first kappa shape index (κ1) is 22.8. The van der Waals surface area contributed by atoms with Crippen LogP contribution in [0.15, 0.2) is 95.2 Å². The van der Waals surface area contributed by atoms with Crippen LogP contribution in [0.2, 0.25) is 0 Å². The number of ether oxygens (including phenoxy) is 1. The molecule has 9 heteroatoms. The van der Waals surface area contributed by atoms with Gasteiger partial charge < -0.3 is 4.74 Å². The number of azide groups is 2. The molecule has 0 saturated heterocycles. The Kier molecular flexibility index (Phi) is 7.98. The van der Waals surface area contributed by atoms with Crippen LogP contribution < -0.4 is 4.74 Å². The van der Waals surface area contributed by atoms with Crippen LogP contribution >= 0.6 is 0 Å². The molecule has 0 radical (unpaired) electrons. The number of ketones is 2. The maximum absolute atomic E-state index is 12.7. The lowest BCUT2D eigenvalue weighted by atomic mass is 10.1. The van der Waals surface area contributed by atoms with Crippen LogP contribution in [-0.2, 0) is 0 Å². The van der Waals surface area contributed by atoms with Crippen LogP contribution in [0, 0.1) is 0 Å². The summed E-state index contributed by atoms with van der Waals surface area (Å²) in [4.78, 5) is 30.6. The Labute approximate surface area is 189 Å². The van der Waals surface area contributed by atoms with E-state index in [1.165, 1.54) is 6.08 Å². The lowest BCUT2D eigenvalue weighted by Crippen LogP contribution is -2.30. The molecule has 0 fully saturated rings. The lowest BCUT2D eigenvalue weighted by Gasteiger charge is -2.16. The van der Waals surface area contributed by atoms with Gasteiger partial charge >= 0.3 is 0 Å². The van der Waals surface area contributed by atoms with Crippen LogP contribution in [0.4, 0.5) is 5.69 Å². The minimum Gasteiger partial charge on any atom is -0.482 e. The Morgan fingerprint density at radius 2 is 1.58 bits per heavy atom. The van der Waals surface area contributed by atoms with Crippen LogP contribution in [0.5, 0.6) is 5.75 Å². The molecule has 0 aliphatic rings. The molecule has 0 spiro atoms. The predicted octanol–water partition coefficient (Wildman–Crippen LogP) is 6.47. The summed E-state index contributed by atoms with van der Waals surface area (Å²) in [5.74, 6) is -0.157. The summed E-state index contributed by atoms with van der Waals surface area (Å²) in [6.45, 7) is -0.161. The molecule has 0 N–H and O–H groups in total. The number of carbonyl (C=O) groups is 2. The van der Waals surface area contributed by atoms with Crippen molar-refractivity contribution in [3.05, 3.63) is 123 Å². The largest absolute Gasteiger partial charge is 0.482 e. The molecule has 0 amide bonds. The summed E-state index contributed by atoms with van der Waals surface area (Å²) in [5, 5.41) is 6.97. The molecule has 3 rings (SSSR count). The van der Waals surface area contributed by atoms with Crippen molar-refractivity contribution in [1.82, 2.24) is 0 Å². The van der Waals surface area contributed by atoms with Gasteiger partial charge in [-0.15, -0.1) is 0 Å². The Balaban J connectivity index is 1.68. The first-order valence-corrected chi connectivity index (χ1v) is 9.85. The highest BCUT2D eigenvalue weighted by molar-refractivity contribution is 6.06. The zero-order valence-corrected chi connectivity index (χ0v) is 17.4. The number of nitrogens with zero attached hydrogens (tertiary/aromatic N) is 6. The highest BCUT2D eigenvalue weighted by Crippen LogP contribution is 2.18. The van der Waals surface area contributed by atoms with Gasteiger partial charge in [-0.2, -0.15) is 0 Å². The van der Waals surface area contributed by atoms with Crippen LogP contribution in [0.1, 0.15) is 26.3 Å². The van der Waals surface area contributed by atoms with Crippen LogP contribution in [0.3, 0.4) is 0 Å². The SMILES string of the molecule is [N-]=[N+]=NCC(Oc1ccc(C(=O)C=Cc2ccc(N=[N+]=[N-])cc2)cc1)C(=O)c1ccccc1. The van der Waals surface area contributed by atoms with Gasteiger partial charge in [-0.05, 0) is 47.0 Å². The molecule has 0 bridgehead atoms. The van der Waals surface area contributed by atoms with Gasteiger partial charge in [0.05, 0.1) is 6.54 Å². The second-order valence-corrected chi connectivity index (χ2v) is 6.75. The number of carbonyl (C=O) groups excluding carboxylic acids is 2. The van der Waals surface area contributed by atoms with Crippen molar-refractivity contribution in [2.45, 2.75) is 6.10 Å². The molecule has 1 unspecified atom stereocenters. The molecule has 3 aromatic carbocycles. The molecule has 33 heavy (non-hydrogen) atoms. The summed E-state index contributed by atoms with van der Waals surface area (Å²) < 4.78 is 5.75. The third kappa shape index (κ3) is 6.57. The van der Waals surface area contributed by atoms with E-state index in [2.05, 4.69) is 20.1 Å². The van der Waals surface area contributed by atoms with E-state index >= 15 is 0 Å². The molecule has 1 atom stereocenters. The van der Waals surface area contributed by atoms with Crippen molar-refractivity contribution < 1.29 is 14.3 Å².